The summed E-state index contributed by atoms with van der Waals surface area (Å²) in [5.41, 5.74) is 1.19. The molecule has 2 heterocycles. The van der Waals surface area contributed by atoms with Gasteiger partial charge in [-0.2, -0.15) is 0 Å². The van der Waals surface area contributed by atoms with Gasteiger partial charge in [-0.3, -0.25) is 4.79 Å². The maximum Gasteiger partial charge on any atom is 0.256 e. The van der Waals surface area contributed by atoms with Gasteiger partial charge in [-0.15, -0.1) is 0 Å². The molecule has 2 fully saturated rings. The second kappa shape index (κ2) is 10.3. The molecule has 2 aromatic carbocycles. The fourth-order valence-corrected chi connectivity index (χ4v) is 5.74. The number of nitrogens with one attached hydrogen (secondary N) is 1. The number of morpholine rings is 1. The van der Waals surface area contributed by atoms with Gasteiger partial charge in [0.2, 0.25) is 10.0 Å². The summed E-state index contributed by atoms with van der Waals surface area (Å²) in [6.45, 7) is 3.42. The highest BCUT2D eigenvalue weighted by molar-refractivity contribution is 7.90. The summed E-state index contributed by atoms with van der Waals surface area (Å²) >= 11 is 0. The number of benzene rings is 2. The van der Waals surface area contributed by atoms with Crippen molar-refractivity contribution < 1.29 is 30.8 Å². The van der Waals surface area contributed by atoms with E-state index in [4.69, 9.17) is 4.74 Å². The van der Waals surface area contributed by atoms with Crippen molar-refractivity contribution in [2.24, 2.45) is 0 Å². The predicted molar refractivity (Wildman–Crippen MR) is 133 cm³/mol. The van der Waals surface area contributed by atoms with E-state index >= 15 is 0 Å². The molecule has 196 valence electrons. The Morgan fingerprint density at radius 3 is 2.03 bits per heavy atom. The van der Waals surface area contributed by atoms with Crippen molar-refractivity contribution in [3.05, 3.63) is 47.8 Å². The van der Waals surface area contributed by atoms with Crippen LogP contribution >= 0.6 is 0 Å². The van der Waals surface area contributed by atoms with Crippen molar-refractivity contribution in [1.29, 1.82) is 0 Å². The number of ether oxygens (including phenoxy) is 1. The number of sulfonamides is 1. The molecule has 2 aliphatic rings. The highest BCUT2D eigenvalue weighted by Crippen LogP contribution is 2.28. The number of anilines is 2. The van der Waals surface area contributed by atoms with Gasteiger partial charge in [-0.05, 0) is 43.4 Å². The third-order valence-electron chi connectivity index (χ3n) is 6.38. The average molecular weight is 541 g/mol. The van der Waals surface area contributed by atoms with Crippen molar-refractivity contribution >= 4 is 37.1 Å². The van der Waals surface area contributed by atoms with E-state index in [9.17, 15) is 26.0 Å². The predicted octanol–water partition coefficient (Wildman–Crippen LogP) is 0.936. The quantitative estimate of drug-likeness (QED) is 0.576. The lowest BCUT2D eigenvalue weighted by atomic mass is 10.1. The second-order valence-corrected chi connectivity index (χ2v) is 12.6. The van der Waals surface area contributed by atoms with Crippen molar-refractivity contribution in [2.75, 3.05) is 75.6 Å². The third kappa shape index (κ3) is 5.48. The largest absolute Gasteiger partial charge is 0.378 e. The van der Waals surface area contributed by atoms with Crippen molar-refractivity contribution in [1.82, 2.24) is 9.62 Å². The molecule has 2 aromatic rings. The lowest BCUT2D eigenvalue weighted by Gasteiger charge is -2.37. The molecule has 0 bridgehead atoms. The second-order valence-electron chi connectivity index (χ2n) is 8.65. The molecule has 10 nitrogen and oxygen atoms in total. The Kier molecular flexibility index (Phi) is 7.55. The molecule has 1 amide bonds. The summed E-state index contributed by atoms with van der Waals surface area (Å²) < 4.78 is 70.6. The van der Waals surface area contributed by atoms with Crippen LogP contribution in [0.2, 0.25) is 0 Å². The van der Waals surface area contributed by atoms with Crippen LogP contribution in [0.3, 0.4) is 0 Å². The topological polar surface area (TPSA) is 116 Å². The molecule has 0 saturated carbocycles. The monoisotopic (exact) mass is 540 g/mol. The van der Waals surface area contributed by atoms with E-state index in [1.807, 2.05) is 4.90 Å². The first-order valence-electron chi connectivity index (χ1n) is 11.5. The normalized spacial score (nSPS) is 17.4. The van der Waals surface area contributed by atoms with Crippen LogP contribution in [0.25, 0.3) is 0 Å². The van der Waals surface area contributed by atoms with Crippen molar-refractivity contribution in [3.63, 3.8) is 0 Å². The maximum absolute atomic E-state index is 14.7. The fraction of sp³-hybridized carbons (Fsp3) is 0.435. The van der Waals surface area contributed by atoms with Gasteiger partial charge in [0.05, 0.1) is 34.3 Å². The van der Waals surface area contributed by atoms with E-state index < -0.39 is 25.7 Å². The first-order chi connectivity index (χ1) is 17.0. The molecule has 0 atom stereocenters. The molecular weight excluding hydrogens is 511 g/mol. The van der Waals surface area contributed by atoms with E-state index in [0.717, 1.165) is 12.3 Å². The molecule has 2 saturated heterocycles. The lowest BCUT2D eigenvalue weighted by molar-refractivity contribution is 0.0745. The molecule has 0 aromatic heterocycles. The Hall–Kier alpha value is -2.74. The summed E-state index contributed by atoms with van der Waals surface area (Å²) in [4.78, 5) is 18.9. The van der Waals surface area contributed by atoms with Crippen molar-refractivity contribution in [2.45, 2.75) is 9.79 Å². The number of rotatable bonds is 6. The van der Waals surface area contributed by atoms with Crippen LogP contribution in [0.15, 0.2) is 46.2 Å². The van der Waals surface area contributed by atoms with Crippen LogP contribution in [0, 0.1) is 5.82 Å². The molecule has 13 heteroatoms. The summed E-state index contributed by atoms with van der Waals surface area (Å²) in [6, 6.07) is 8.34. The molecule has 0 unspecified atom stereocenters. The zero-order valence-electron chi connectivity index (χ0n) is 20.1. The van der Waals surface area contributed by atoms with E-state index in [0.29, 0.717) is 45.1 Å². The van der Waals surface area contributed by atoms with Gasteiger partial charge < -0.3 is 19.4 Å². The third-order valence-corrected chi connectivity index (χ3v) is 8.91. The smallest absolute Gasteiger partial charge is 0.256 e. The summed E-state index contributed by atoms with van der Waals surface area (Å²) in [5, 5.41) is 0. The van der Waals surface area contributed by atoms with Gasteiger partial charge in [-0.1, -0.05) is 0 Å². The van der Waals surface area contributed by atoms with Crippen LogP contribution in [0.4, 0.5) is 15.8 Å². The average Bonchev–Trinajstić information content (AvgIpc) is 2.88. The minimum absolute atomic E-state index is 0.00275. The molecule has 4 rings (SSSR count). The van der Waals surface area contributed by atoms with E-state index in [1.54, 1.807) is 15.9 Å². The summed E-state index contributed by atoms with van der Waals surface area (Å²) in [5.74, 6) is -0.950. The minimum atomic E-state index is -3.75. The molecule has 0 spiro atoms. The van der Waals surface area contributed by atoms with Crippen LogP contribution in [0.1, 0.15) is 10.4 Å². The fourth-order valence-electron chi connectivity index (χ4n) is 4.35. The van der Waals surface area contributed by atoms with E-state index in [2.05, 4.69) is 4.72 Å². The number of halogens is 1. The standard InChI is InChI=1S/C23H29FN4O6S2/c1-25-36(32,33)18-4-5-21(27-11-13-34-14-12-27)19(15-18)23(29)28-9-7-26(8-10-28)22-6-3-17(16-20(22)24)35(2,30)31/h3-6,15-16,25H,7-14H2,1-2H3. The highest BCUT2D eigenvalue weighted by Gasteiger charge is 2.28. The van der Waals surface area contributed by atoms with Gasteiger partial charge in [0, 0.05) is 51.2 Å². The number of nitrogens with zero attached hydrogens (tertiary/aromatic N) is 3. The van der Waals surface area contributed by atoms with Gasteiger partial charge >= 0.3 is 0 Å². The Labute approximate surface area is 210 Å². The number of carbonyl (C=O) groups excluding carboxylic acids is 1. The number of sulfone groups is 1. The van der Waals surface area contributed by atoms with Gasteiger partial charge in [0.25, 0.3) is 5.91 Å². The number of hydrogen-bond acceptors (Lipinski definition) is 8. The first-order valence-corrected chi connectivity index (χ1v) is 14.8. The van der Waals surface area contributed by atoms with Crippen LogP contribution < -0.4 is 14.5 Å². The molecule has 2 aliphatic heterocycles. The number of carbonyl (C=O) groups is 1. The molecule has 0 aliphatic carbocycles. The maximum atomic E-state index is 14.7. The number of hydrogen-bond donors (Lipinski definition) is 1. The highest BCUT2D eigenvalue weighted by atomic mass is 32.2. The Morgan fingerprint density at radius 2 is 1.44 bits per heavy atom. The van der Waals surface area contributed by atoms with Gasteiger partial charge in [-0.25, -0.2) is 25.9 Å². The zero-order chi connectivity index (χ0) is 26.1. The minimum Gasteiger partial charge on any atom is -0.378 e. The molecular formula is C23H29FN4O6S2. The SMILES string of the molecule is CNS(=O)(=O)c1ccc(N2CCOCC2)c(C(=O)N2CCN(c3ccc(S(C)(=O)=O)cc3F)CC2)c1. The molecule has 0 radical (unpaired) electrons. The summed E-state index contributed by atoms with van der Waals surface area (Å²) in [6.07, 6.45) is 1.02. The Bertz CT molecular complexity index is 1350. The van der Waals surface area contributed by atoms with E-state index in [-0.39, 0.29) is 40.0 Å². The lowest BCUT2D eigenvalue weighted by Crippen LogP contribution is -2.49. The summed E-state index contributed by atoms with van der Waals surface area (Å²) in [7, 11) is -5.96. The molecule has 1 N–H and O–H groups in total. The van der Waals surface area contributed by atoms with Crippen molar-refractivity contribution in [3.8, 4) is 0 Å². The Morgan fingerprint density at radius 1 is 0.861 bits per heavy atom. The van der Waals surface area contributed by atoms with Gasteiger partial charge in [0.15, 0.2) is 9.84 Å². The number of piperazine rings is 1. The van der Waals surface area contributed by atoms with Gasteiger partial charge in [0.1, 0.15) is 5.82 Å². The van der Waals surface area contributed by atoms with Crippen LogP contribution in [-0.4, -0.2) is 93.4 Å². The zero-order valence-corrected chi connectivity index (χ0v) is 21.7. The first kappa shape index (κ1) is 26.3. The molecule has 36 heavy (non-hydrogen) atoms. The van der Waals surface area contributed by atoms with Crippen LogP contribution in [-0.2, 0) is 24.6 Å². The van der Waals surface area contributed by atoms with E-state index in [1.165, 1.54) is 31.3 Å². The van der Waals surface area contributed by atoms with Crippen LogP contribution in [0.5, 0.6) is 0 Å². The number of amides is 1. The Balaban J connectivity index is 1.56.